The van der Waals surface area contributed by atoms with Crippen LogP contribution in [0.1, 0.15) is 16.8 Å². The van der Waals surface area contributed by atoms with E-state index in [0.717, 1.165) is 36.1 Å². The van der Waals surface area contributed by atoms with Gasteiger partial charge >= 0.3 is 0 Å². The number of nitrogens with one attached hydrogen (secondary N) is 1. The van der Waals surface area contributed by atoms with Crippen molar-refractivity contribution < 1.29 is 4.74 Å². The van der Waals surface area contributed by atoms with E-state index in [2.05, 4.69) is 9.88 Å². The summed E-state index contributed by atoms with van der Waals surface area (Å²) in [6.07, 6.45) is 2.65. The van der Waals surface area contributed by atoms with Crippen LogP contribution < -0.4 is 15.6 Å². The molecule has 166 valence electrons. The second-order valence-electron chi connectivity index (χ2n) is 7.55. The molecular weight excluding hydrogens is 471 g/mol. The van der Waals surface area contributed by atoms with Crippen LogP contribution in [0.3, 0.4) is 0 Å². The lowest BCUT2D eigenvalue weighted by Crippen LogP contribution is -2.24. The molecule has 0 aliphatic carbocycles. The number of pyridine rings is 2. The van der Waals surface area contributed by atoms with Crippen LogP contribution in [0.15, 0.2) is 53.5 Å². The van der Waals surface area contributed by atoms with Crippen molar-refractivity contribution in [1.29, 1.82) is 0 Å². The van der Waals surface area contributed by atoms with E-state index in [1.165, 1.54) is 21.9 Å². The van der Waals surface area contributed by atoms with E-state index in [1.54, 1.807) is 30.5 Å². The molecule has 1 aliphatic rings. The Balaban J connectivity index is 0.00000245. The highest BCUT2D eigenvalue weighted by Gasteiger charge is 2.19. The Kier molecular flexibility index (Phi) is 6.49. The van der Waals surface area contributed by atoms with E-state index in [1.807, 2.05) is 19.2 Å². The molecule has 1 N–H and O–H groups in total. The number of nitrogens with zero attached hydrogens (tertiary/aromatic N) is 3. The number of halogens is 3. The molecule has 0 saturated carbocycles. The molecule has 0 amide bonds. The van der Waals surface area contributed by atoms with Crippen molar-refractivity contribution in [2.24, 2.45) is 7.05 Å². The highest BCUT2D eigenvalue weighted by molar-refractivity contribution is 6.35. The molecular formula is C23H21Cl3N4O2. The van der Waals surface area contributed by atoms with Crippen LogP contribution >= 0.6 is 35.6 Å². The van der Waals surface area contributed by atoms with Crippen molar-refractivity contribution in [3.63, 3.8) is 0 Å². The smallest absolute Gasteiger partial charge is 0.259 e. The van der Waals surface area contributed by atoms with E-state index in [-0.39, 0.29) is 24.6 Å². The van der Waals surface area contributed by atoms with Gasteiger partial charge in [-0.3, -0.25) is 9.36 Å². The summed E-state index contributed by atoms with van der Waals surface area (Å²) in [5.41, 5.74) is 4.06. The predicted molar refractivity (Wildman–Crippen MR) is 130 cm³/mol. The van der Waals surface area contributed by atoms with Gasteiger partial charge in [-0.25, -0.2) is 4.98 Å². The van der Waals surface area contributed by atoms with Gasteiger partial charge in [-0.1, -0.05) is 29.3 Å². The second kappa shape index (κ2) is 9.16. The third kappa shape index (κ3) is 4.11. The van der Waals surface area contributed by atoms with E-state index < -0.39 is 0 Å². The first-order valence-electron chi connectivity index (χ1n) is 9.99. The van der Waals surface area contributed by atoms with Gasteiger partial charge < -0.3 is 14.6 Å². The molecule has 0 unspecified atom stereocenters. The number of ether oxygens (including phenoxy) is 1. The Morgan fingerprint density at radius 3 is 2.78 bits per heavy atom. The third-order valence-corrected chi connectivity index (χ3v) is 6.23. The molecule has 0 spiro atoms. The SMILES string of the molecule is Cl.Cn1c2c(c3ccc(-n4ccc(OCc5ccc(Cl)cc5Cl)cc4=O)nc31)CNCC2. The van der Waals surface area contributed by atoms with Crippen LogP contribution in [0.4, 0.5) is 0 Å². The zero-order valence-corrected chi connectivity index (χ0v) is 19.6. The first kappa shape index (κ1) is 22.7. The predicted octanol–water partition coefficient (Wildman–Crippen LogP) is 4.68. The lowest BCUT2D eigenvalue weighted by molar-refractivity contribution is 0.305. The number of rotatable bonds is 4. The highest BCUT2D eigenvalue weighted by atomic mass is 35.5. The van der Waals surface area contributed by atoms with Gasteiger partial charge in [0.25, 0.3) is 5.56 Å². The molecule has 6 nitrogen and oxygen atoms in total. The summed E-state index contributed by atoms with van der Waals surface area (Å²) in [5, 5.41) is 5.63. The number of aryl methyl sites for hydroxylation is 1. The third-order valence-electron chi connectivity index (χ3n) is 5.64. The average molecular weight is 492 g/mol. The number of fused-ring (bicyclic) bond motifs is 3. The summed E-state index contributed by atoms with van der Waals surface area (Å²) in [5.74, 6) is 1.05. The zero-order valence-electron chi connectivity index (χ0n) is 17.3. The minimum absolute atomic E-state index is 0. The molecule has 1 aliphatic heterocycles. The molecule has 0 bridgehead atoms. The molecule has 0 radical (unpaired) electrons. The van der Waals surface area contributed by atoms with E-state index in [4.69, 9.17) is 32.9 Å². The van der Waals surface area contributed by atoms with Crippen LogP contribution in [0.25, 0.3) is 16.9 Å². The Bertz CT molecular complexity index is 1360. The first-order valence-corrected chi connectivity index (χ1v) is 10.7. The fourth-order valence-electron chi connectivity index (χ4n) is 4.03. The van der Waals surface area contributed by atoms with Crippen molar-refractivity contribution in [2.45, 2.75) is 19.6 Å². The van der Waals surface area contributed by atoms with Gasteiger partial charge in [-0.05, 0) is 35.9 Å². The molecule has 0 atom stereocenters. The summed E-state index contributed by atoms with van der Waals surface area (Å²) in [6, 6.07) is 12.4. The quantitative estimate of drug-likeness (QED) is 0.450. The van der Waals surface area contributed by atoms with Crippen molar-refractivity contribution >= 4 is 46.6 Å². The molecule has 4 aromatic rings. The monoisotopic (exact) mass is 490 g/mol. The number of hydrogen-bond donors (Lipinski definition) is 1. The molecule has 0 saturated heterocycles. The van der Waals surface area contributed by atoms with Gasteiger partial charge in [-0.2, -0.15) is 0 Å². The lowest BCUT2D eigenvalue weighted by atomic mass is 10.1. The van der Waals surface area contributed by atoms with Crippen molar-refractivity contribution in [3.05, 3.63) is 85.9 Å². The number of hydrogen-bond acceptors (Lipinski definition) is 4. The first-order chi connectivity index (χ1) is 15.0. The van der Waals surface area contributed by atoms with Gasteiger partial charge in [0.2, 0.25) is 0 Å². The van der Waals surface area contributed by atoms with Gasteiger partial charge in [0.05, 0.1) is 0 Å². The van der Waals surface area contributed by atoms with Crippen LogP contribution in [0, 0.1) is 0 Å². The topological polar surface area (TPSA) is 61.1 Å². The van der Waals surface area contributed by atoms with Crippen LogP contribution in [0.2, 0.25) is 10.0 Å². The lowest BCUT2D eigenvalue weighted by Gasteiger charge is -2.14. The van der Waals surface area contributed by atoms with Crippen LogP contribution in [-0.4, -0.2) is 20.7 Å². The van der Waals surface area contributed by atoms with E-state index in [9.17, 15) is 4.79 Å². The Morgan fingerprint density at radius 1 is 1.16 bits per heavy atom. The minimum Gasteiger partial charge on any atom is -0.489 e. The van der Waals surface area contributed by atoms with Gasteiger partial charge in [0, 0.05) is 65.5 Å². The number of benzene rings is 1. The Labute approximate surface area is 201 Å². The van der Waals surface area contributed by atoms with E-state index >= 15 is 0 Å². The van der Waals surface area contributed by atoms with E-state index in [0.29, 0.717) is 21.6 Å². The highest BCUT2D eigenvalue weighted by Crippen LogP contribution is 2.27. The molecule has 32 heavy (non-hydrogen) atoms. The summed E-state index contributed by atoms with van der Waals surface area (Å²) in [4.78, 5) is 17.5. The summed E-state index contributed by atoms with van der Waals surface area (Å²) >= 11 is 12.1. The Hall–Kier alpha value is -2.51. The minimum atomic E-state index is -0.216. The number of aromatic nitrogens is 3. The summed E-state index contributed by atoms with van der Waals surface area (Å²) in [6.45, 7) is 2.05. The normalized spacial score (nSPS) is 13.0. The van der Waals surface area contributed by atoms with Crippen LogP contribution in [0.5, 0.6) is 5.75 Å². The fourth-order valence-corrected chi connectivity index (χ4v) is 4.49. The summed E-state index contributed by atoms with van der Waals surface area (Å²) < 4.78 is 9.41. The maximum atomic E-state index is 12.8. The van der Waals surface area contributed by atoms with Gasteiger partial charge in [-0.15, -0.1) is 12.4 Å². The molecule has 1 aromatic carbocycles. The van der Waals surface area contributed by atoms with Gasteiger partial charge in [0.15, 0.2) is 0 Å². The van der Waals surface area contributed by atoms with Crippen LogP contribution in [-0.2, 0) is 26.6 Å². The average Bonchev–Trinajstić information content (AvgIpc) is 3.05. The molecule has 3 aromatic heterocycles. The Morgan fingerprint density at radius 2 is 2.00 bits per heavy atom. The second-order valence-corrected chi connectivity index (χ2v) is 8.39. The van der Waals surface area contributed by atoms with Crippen molar-refractivity contribution in [2.75, 3.05) is 6.54 Å². The zero-order chi connectivity index (χ0) is 21.5. The van der Waals surface area contributed by atoms with Crippen molar-refractivity contribution in [3.8, 4) is 11.6 Å². The standard InChI is InChI=1S/C23H20Cl2N4O2.ClH/c1-28-20-6-8-26-12-18(20)17-4-5-21(27-23(17)28)29-9-7-16(11-22(29)30)31-13-14-2-3-15(24)10-19(14)25;/h2-5,7,9-11,26H,6,8,12-13H2,1H3;1H. The molecule has 0 fully saturated rings. The fraction of sp³-hybridized carbons (Fsp3) is 0.217. The molecule has 4 heterocycles. The summed E-state index contributed by atoms with van der Waals surface area (Å²) in [7, 11) is 2.03. The maximum absolute atomic E-state index is 12.8. The van der Waals surface area contributed by atoms with Gasteiger partial charge in [0.1, 0.15) is 23.8 Å². The largest absolute Gasteiger partial charge is 0.489 e. The molecule has 9 heteroatoms. The maximum Gasteiger partial charge on any atom is 0.259 e. The molecule has 5 rings (SSSR count). The van der Waals surface area contributed by atoms with Crippen molar-refractivity contribution in [1.82, 2.24) is 19.4 Å².